The van der Waals surface area contributed by atoms with Gasteiger partial charge >= 0.3 is 0 Å². The number of aromatic nitrogens is 1. The van der Waals surface area contributed by atoms with Crippen molar-refractivity contribution in [2.45, 2.75) is 13.8 Å². The highest BCUT2D eigenvalue weighted by Gasteiger charge is 2.30. The van der Waals surface area contributed by atoms with Crippen molar-refractivity contribution in [3.8, 4) is 5.69 Å². The van der Waals surface area contributed by atoms with Crippen molar-refractivity contribution >= 4 is 51.5 Å². The van der Waals surface area contributed by atoms with Gasteiger partial charge in [-0.25, -0.2) is 0 Å². The molecule has 0 N–H and O–H groups in total. The van der Waals surface area contributed by atoms with E-state index < -0.39 is 0 Å². The van der Waals surface area contributed by atoms with E-state index in [-0.39, 0.29) is 5.91 Å². The fourth-order valence-electron chi connectivity index (χ4n) is 2.84. The lowest BCUT2D eigenvalue weighted by Crippen LogP contribution is -2.23. The maximum Gasteiger partial charge on any atom is 0.266 e. The second kappa shape index (κ2) is 6.76. The Balaban J connectivity index is 2.05. The smallest absolute Gasteiger partial charge is 0.266 e. The fraction of sp³-hybridized carbons (Fsp3) is 0.222. The van der Waals surface area contributed by atoms with Crippen molar-refractivity contribution in [3.05, 3.63) is 55.8 Å². The standard InChI is InChI=1S/C18H18IN3OS/c1-11-8-13(9-16-17(23)21(4)18(20-3)24-16)12(2)22(11)15-7-5-6-14(19)10-15/h5-10H,1-4H3/b16-9+,20-18?. The molecule has 24 heavy (non-hydrogen) atoms. The lowest BCUT2D eigenvalue weighted by molar-refractivity contribution is -0.121. The van der Waals surface area contributed by atoms with E-state index in [1.54, 1.807) is 19.0 Å². The van der Waals surface area contributed by atoms with Crippen molar-refractivity contribution in [1.29, 1.82) is 0 Å². The van der Waals surface area contributed by atoms with Gasteiger partial charge in [-0.3, -0.25) is 14.7 Å². The normalized spacial score (nSPS) is 18.2. The Labute approximate surface area is 159 Å². The minimum absolute atomic E-state index is 0.000312. The fourth-order valence-corrected chi connectivity index (χ4v) is 4.28. The van der Waals surface area contributed by atoms with Crippen molar-refractivity contribution in [2.75, 3.05) is 14.1 Å². The third-order valence-corrected chi connectivity index (χ3v) is 5.84. The highest BCUT2D eigenvalue weighted by Crippen LogP contribution is 2.33. The predicted octanol–water partition coefficient (Wildman–Crippen LogP) is 4.23. The summed E-state index contributed by atoms with van der Waals surface area (Å²) in [5.41, 5.74) is 4.47. The molecule has 1 saturated heterocycles. The van der Waals surface area contributed by atoms with E-state index in [1.165, 1.54) is 15.3 Å². The molecule has 0 aliphatic carbocycles. The molecule has 4 nitrogen and oxygen atoms in total. The summed E-state index contributed by atoms with van der Waals surface area (Å²) in [5, 5.41) is 0.734. The van der Waals surface area contributed by atoms with Crippen LogP contribution in [0.3, 0.4) is 0 Å². The van der Waals surface area contributed by atoms with Crippen LogP contribution in [0.2, 0.25) is 0 Å². The van der Waals surface area contributed by atoms with Crippen LogP contribution in [0.4, 0.5) is 0 Å². The minimum Gasteiger partial charge on any atom is -0.318 e. The molecule has 0 bridgehead atoms. The predicted molar refractivity (Wildman–Crippen MR) is 110 cm³/mol. The van der Waals surface area contributed by atoms with Crippen LogP contribution in [0.15, 0.2) is 40.2 Å². The summed E-state index contributed by atoms with van der Waals surface area (Å²) in [6, 6.07) is 10.5. The van der Waals surface area contributed by atoms with Gasteiger partial charge in [-0.1, -0.05) is 6.07 Å². The van der Waals surface area contributed by atoms with E-state index in [9.17, 15) is 4.79 Å². The average Bonchev–Trinajstić information content (AvgIpc) is 2.98. The second-order valence-corrected chi connectivity index (χ2v) is 7.88. The molecule has 3 rings (SSSR count). The molecular formula is C18H18IN3OS. The number of amidine groups is 1. The Hall–Kier alpha value is -1.54. The number of benzene rings is 1. The number of nitrogens with zero attached hydrogens (tertiary/aromatic N) is 3. The molecule has 0 spiro atoms. The molecule has 1 fully saturated rings. The zero-order valence-electron chi connectivity index (χ0n) is 14.0. The zero-order chi connectivity index (χ0) is 17.4. The Morgan fingerprint density at radius 1 is 1.25 bits per heavy atom. The number of halogens is 1. The molecule has 1 aromatic carbocycles. The van der Waals surface area contributed by atoms with E-state index in [0.717, 1.165) is 27.8 Å². The van der Waals surface area contributed by atoms with Crippen LogP contribution in [0.25, 0.3) is 11.8 Å². The molecule has 0 radical (unpaired) electrons. The number of carbonyl (C=O) groups excluding carboxylic acids is 1. The van der Waals surface area contributed by atoms with Crippen LogP contribution < -0.4 is 0 Å². The number of rotatable bonds is 2. The molecule has 0 atom stereocenters. The largest absolute Gasteiger partial charge is 0.318 e. The lowest BCUT2D eigenvalue weighted by atomic mass is 10.2. The first-order valence-electron chi connectivity index (χ1n) is 7.51. The maximum atomic E-state index is 12.3. The number of carbonyl (C=O) groups is 1. The molecule has 0 saturated carbocycles. The molecule has 2 heterocycles. The number of hydrogen-bond donors (Lipinski definition) is 0. The first kappa shape index (κ1) is 17.3. The summed E-state index contributed by atoms with van der Waals surface area (Å²) in [5.74, 6) is -0.000312. The number of aryl methyl sites for hydroxylation is 1. The lowest BCUT2D eigenvalue weighted by Gasteiger charge is -2.10. The van der Waals surface area contributed by atoms with Gasteiger partial charge in [-0.05, 0) is 84.1 Å². The van der Waals surface area contributed by atoms with Gasteiger partial charge in [0, 0.05) is 34.7 Å². The van der Waals surface area contributed by atoms with E-state index >= 15 is 0 Å². The Bertz CT molecular complexity index is 882. The van der Waals surface area contributed by atoms with Crippen LogP contribution in [-0.4, -0.2) is 34.6 Å². The highest BCUT2D eigenvalue weighted by atomic mass is 127. The zero-order valence-corrected chi connectivity index (χ0v) is 17.0. The minimum atomic E-state index is -0.000312. The molecule has 1 aliphatic heterocycles. The number of thioether (sulfide) groups is 1. The summed E-state index contributed by atoms with van der Waals surface area (Å²) < 4.78 is 3.42. The molecular weight excluding hydrogens is 433 g/mol. The van der Waals surface area contributed by atoms with Gasteiger partial charge in [0.1, 0.15) is 0 Å². The van der Waals surface area contributed by atoms with E-state index in [0.29, 0.717) is 4.91 Å². The molecule has 124 valence electrons. The van der Waals surface area contributed by atoms with Gasteiger partial charge in [0.25, 0.3) is 5.91 Å². The van der Waals surface area contributed by atoms with Crippen molar-refractivity contribution in [1.82, 2.24) is 9.47 Å². The van der Waals surface area contributed by atoms with Gasteiger partial charge in [0.05, 0.1) is 4.91 Å². The first-order chi connectivity index (χ1) is 11.4. The SMILES string of the molecule is CN=C1S/C(=C/c2cc(C)n(-c3cccc(I)c3)c2C)C(=O)N1C. The molecule has 2 aromatic rings. The molecule has 1 amide bonds. The van der Waals surface area contributed by atoms with Gasteiger partial charge < -0.3 is 4.57 Å². The Morgan fingerprint density at radius 3 is 2.62 bits per heavy atom. The van der Waals surface area contributed by atoms with Gasteiger partial charge in [-0.15, -0.1) is 0 Å². The molecule has 1 aliphatic rings. The number of amides is 1. The van der Waals surface area contributed by atoms with Gasteiger partial charge in [0.2, 0.25) is 0 Å². The van der Waals surface area contributed by atoms with Gasteiger partial charge in [0.15, 0.2) is 5.17 Å². The summed E-state index contributed by atoms with van der Waals surface area (Å²) in [6.07, 6.45) is 1.97. The first-order valence-corrected chi connectivity index (χ1v) is 9.41. The number of aliphatic imine (C=N–C) groups is 1. The van der Waals surface area contributed by atoms with Crippen LogP contribution in [0.5, 0.6) is 0 Å². The summed E-state index contributed by atoms with van der Waals surface area (Å²) in [4.78, 5) is 18.8. The topological polar surface area (TPSA) is 37.6 Å². The second-order valence-electron chi connectivity index (χ2n) is 5.62. The van der Waals surface area contributed by atoms with E-state index in [4.69, 9.17) is 0 Å². The summed E-state index contributed by atoms with van der Waals surface area (Å²) in [7, 11) is 3.46. The Morgan fingerprint density at radius 2 is 2.00 bits per heavy atom. The van der Waals surface area contributed by atoms with E-state index in [2.05, 4.69) is 76.3 Å². The van der Waals surface area contributed by atoms with E-state index in [1.807, 2.05) is 6.08 Å². The van der Waals surface area contributed by atoms with Gasteiger partial charge in [-0.2, -0.15) is 0 Å². The number of hydrogen-bond acceptors (Lipinski definition) is 3. The van der Waals surface area contributed by atoms with Crippen molar-refractivity contribution in [3.63, 3.8) is 0 Å². The summed E-state index contributed by atoms with van der Waals surface area (Å²) >= 11 is 3.74. The van der Waals surface area contributed by atoms with Crippen LogP contribution in [-0.2, 0) is 4.79 Å². The quantitative estimate of drug-likeness (QED) is 0.507. The Kier molecular flexibility index (Phi) is 4.87. The van der Waals surface area contributed by atoms with Crippen LogP contribution in [0, 0.1) is 17.4 Å². The van der Waals surface area contributed by atoms with Crippen LogP contribution >= 0.6 is 34.4 Å². The van der Waals surface area contributed by atoms with Crippen molar-refractivity contribution in [2.24, 2.45) is 4.99 Å². The molecule has 6 heteroatoms. The third-order valence-electron chi connectivity index (χ3n) is 4.02. The van der Waals surface area contributed by atoms with Crippen molar-refractivity contribution < 1.29 is 4.79 Å². The third kappa shape index (κ3) is 3.04. The van der Waals surface area contributed by atoms with Crippen LogP contribution in [0.1, 0.15) is 17.0 Å². The monoisotopic (exact) mass is 451 g/mol. The summed E-state index contributed by atoms with van der Waals surface area (Å²) in [6.45, 7) is 4.17. The maximum absolute atomic E-state index is 12.3. The molecule has 1 aromatic heterocycles. The molecule has 0 unspecified atom stereocenters. The average molecular weight is 451 g/mol. The highest BCUT2D eigenvalue weighted by molar-refractivity contribution is 14.1. The number of likely N-dealkylation sites (N-methyl/N-ethyl adjacent to an activating group) is 1.